The normalized spacial score (nSPS) is 17.1. The van der Waals surface area contributed by atoms with Crippen LogP contribution in [0.25, 0.3) is 0 Å². The molecule has 7 heteroatoms. The van der Waals surface area contributed by atoms with Crippen LogP contribution in [0.1, 0.15) is 16.9 Å². The number of amides is 1. The zero-order chi connectivity index (χ0) is 16.2. The molecule has 0 aliphatic carbocycles. The van der Waals surface area contributed by atoms with E-state index in [2.05, 4.69) is 15.2 Å². The van der Waals surface area contributed by atoms with E-state index < -0.39 is 0 Å². The maximum atomic E-state index is 12.3. The third-order valence-corrected chi connectivity index (χ3v) is 3.69. The molecule has 0 bridgehead atoms. The van der Waals surface area contributed by atoms with Crippen molar-refractivity contribution in [3.63, 3.8) is 0 Å². The quantitative estimate of drug-likeness (QED) is 0.845. The van der Waals surface area contributed by atoms with Crippen molar-refractivity contribution in [1.29, 1.82) is 0 Å². The maximum absolute atomic E-state index is 12.3. The van der Waals surface area contributed by atoms with Crippen molar-refractivity contribution in [1.82, 2.24) is 20.1 Å². The first-order chi connectivity index (χ1) is 11.1. The summed E-state index contributed by atoms with van der Waals surface area (Å²) in [7, 11) is 3.81. The van der Waals surface area contributed by atoms with E-state index in [1.165, 1.54) is 0 Å². The lowest BCUT2D eigenvalue weighted by Gasteiger charge is -2.16. The summed E-state index contributed by atoms with van der Waals surface area (Å²) in [5.74, 6) is 1.19. The Hall–Kier alpha value is -2.70. The Balaban J connectivity index is 1.58. The van der Waals surface area contributed by atoms with Gasteiger partial charge in [-0.2, -0.15) is 0 Å². The standard InChI is InChI=1S/C16H19N5O2/c1-20(2)14-6-7-15(19-18-14)23-12-8-10-21(11-12)16(22)13-5-3-4-9-17-13/h3-7,9,12H,8,10-11H2,1-2H3/t12-/m0/s1. The highest BCUT2D eigenvalue weighted by molar-refractivity contribution is 5.92. The Morgan fingerprint density at radius 1 is 1.26 bits per heavy atom. The van der Waals surface area contributed by atoms with Crippen molar-refractivity contribution in [2.24, 2.45) is 0 Å². The van der Waals surface area contributed by atoms with Gasteiger partial charge in [-0.15, -0.1) is 10.2 Å². The van der Waals surface area contributed by atoms with E-state index in [4.69, 9.17) is 4.74 Å². The maximum Gasteiger partial charge on any atom is 0.272 e. The molecule has 0 radical (unpaired) electrons. The molecular formula is C16H19N5O2. The topological polar surface area (TPSA) is 71.5 Å². The Labute approximate surface area is 134 Å². The average molecular weight is 313 g/mol. The van der Waals surface area contributed by atoms with Crippen molar-refractivity contribution >= 4 is 11.7 Å². The number of hydrogen-bond donors (Lipinski definition) is 0. The van der Waals surface area contributed by atoms with Crippen molar-refractivity contribution < 1.29 is 9.53 Å². The summed E-state index contributed by atoms with van der Waals surface area (Å²) in [6, 6.07) is 8.98. The summed E-state index contributed by atoms with van der Waals surface area (Å²) >= 11 is 0. The van der Waals surface area contributed by atoms with Crippen molar-refractivity contribution in [3.8, 4) is 5.88 Å². The molecule has 0 spiro atoms. The van der Waals surface area contributed by atoms with Crippen LogP contribution in [0.4, 0.5) is 5.82 Å². The number of pyridine rings is 1. The van der Waals surface area contributed by atoms with E-state index >= 15 is 0 Å². The Morgan fingerprint density at radius 2 is 2.13 bits per heavy atom. The van der Waals surface area contributed by atoms with Crippen LogP contribution < -0.4 is 9.64 Å². The molecule has 1 atom stereocenters. The number of aromatic nitrogens is 3. The molecule has 1 aliphatic heterocycles. The molecular weight excluding hydrogens is 294 g/mol. The summed E-state index contributed by atoms with van der Waals surface area (Å²) in [5, 5.41) is 8.14. The minimum absolute atomic E-state index is 0.0641. The summed E-state index contributed by atoms with van der Waals surface area (Å²) in [6.07, 6.45) is 2.33. The van der Waals surface area contributed by atoms with Crippen LogP contribution >= 0.6 is 0 Å². The van der Waals surface area contributed by atoms with E-state index in [0.29, 0.717) is 24.7 Å². The van der Waals surface area contributed by atoms with Gasteiger partial charge in [-0.05, 0) is 18.2 Å². The largest absolute Gasteiger partial charge is 0.471 e. The number of hydrogen-bond acceptors (Lipinski definition) is 6. The van der Waals surface area contributed by atoms with Gasteiger partial charge in [-0.1, -0.05) is 6.07 Å². The van der Waals surface area contributed by atoms with Crippen LogP contribution in [0.3, 0.4) is 0 Å². The molecule has 0 N–H and O–H groups in total. The molecule has 7 nitrogen and oxygen atoms in total. The highest BCUT2D eigenvalue weighted by Gasteiger charge is 2.29. The number of likely N-dealkylation sites (tertiary alicyclic amines) is 1. The number of nitrogens with zero attached hydrogens (tertiary/aromatic N) is 5. The van der Waals surface area contributed by atoms with Crippen LogP contribution in [-0.4, -0.2) is 59.3 Å². The molecule has 120 valence electrons. The van der Waals surface area contributed by atoms with E-state index in [0.717, 1.165) is 12.2 Å². The van der Waals surface area contributed by atoms with E-state index in [-0.39, 0.29) is 12.0 Å². The summed E-state index contributed by atoms with van der Waals surface area (Å²) in [6.45, 7) is 1.19. The smallest absolute Gasteiger partial charge is 0.272 e. The Morgan fingerprint density at radius 3 is 2.78 bits per heavy atom. The second-order valence-electron chi connectivity index (χ2n) is 5.62. The molecule has 1 fully saturated rings. The number of carbonyl (C=O) groups excluding carboxylic acids is 1. The van der Waals surface area contributed by atoms with Gasteiger partial charge in [0.05, 0.1) is 6.54 Å². The van der Waals surface area contributed by atoms with E-state index in [9.17, 15) is 4.79 Å². The van der Waals surface area contributed by atoms with Crippen LogP contribution in [0.2, 0.25) is 0 Å². The molecule has 1 aliphatic rings. The zero-order valence-corrected chi connectivity index (χ0v) is 13.2. The van der Waals surface area contributed by atoms with Gasteiger partial charge in [0.1, 0.15) is 11.8 Å². The second kappa shape index (κ2) is 6.60. The Bertz CT molecular complexity index is 660. The van der Waals surface area contributed by atoms with E-state index in [1.807, 2.05) is 31.1 Å². The first-order valence-corrected chi connectivity index (χ1v) is 7.51. The number of anilines is 1. The third-order valence-electron chi connectivity index (χ3n) is 3.69. The van der Waals surface area contributed by atoms with Gasteiger partial charge in [-0.25, -0.2) is 0 Å². The van der Waals surface area contributed by atoms with Gasteiger partial charge < -0.3 is 14.5 Å². The number of ether oxygens (including phenoxy) is 1. The van der Waals surface area contributed by atoms with Crippen LogP contribution in [-0.2, 0) is 0 Å². The average Bonchev–Trinajstić information content (AvgIpc) is 3.04. The molecule has 3 rings (SSSR count). The molecule has 0 aromatic carbocycles. The summed E-state index contributed by atoms with van der Waals surface area (Å²) in [4.78, 5) is 20.1. The number of rotatable bonds is 4. The molecule has 0 unspecified atom stereocenters. The van der Waals surface area contributed by atoms with Crippen LogP contribution in [0, 0.1) is 0 Å². The molecule has 0 saturated carbocycles. The minimum atomic E-state index is -0.0674. The summed E-state index contributed by atoms with van der Waals surface area (Å²) < 4.78 is 5.82. The Kier molecular flexibility index (Phi) is 4.36. The first kappa shape index (κ1) is 15.2. The molecule has 1 amide bonds. The molecule has 3 heterocycles. The van der Waals surface area contributed by atoms with Gasteiger partial charge in [0.15, 0.2) is 5.82 Å². The molecule has 23 heavy (non-hydrogen) atoms. The lowest BCUT2D eigenvalue weighted by molar-refractivity contribution is 0.0765. The lowest BCUT2D eigenvalue weighted by Crippen LogP contribution is -2.31. The van der Waals surface area contributed by atoms with Gasteiger partial charge in [0.2, 0.25) is 5.88 Å². The number of carbonyl (C=O) groups is 1. The minimum Gasteiger partial charge on any atom is -0.471 e. The van der Waals surface area contributed by atoms with Gasteiger partial charge in [0.25, 0.3) is 5.91 Å². The fraction of sp³-hybridized carbons (Fsp3) is 0.375. The second-order valence-corrected chi connectivity index (χ2v) is 5.62. The van der Waals surface area contributed by atoms with Crippen molar-refractivity contribution in [2.45, 2.75) is 12.5 Å². The van der Waals surface area contributed by atoms with Crippen molar-refractivity contribution in [2.75, 3.05) is 32.1 Å². The monoisotopic (exact) mass is 313 g/mol. The first-order valence-electron chi connectivity index (χ1n) is 7.51. The van der Waals surface area contributed by atoms with E-state index in [1.54, 1.807) is 29.3 Å². The van der Waals surface area contributed by atoms with Crippen molar-refractivity contribution in [3.05, 3.63) is 42.2 Å². The highest BCUT2D eigenvalue weighted by atomic mass is 16.5. The van der Waals surface area contributed by atoms with Gasteiger partial charge in [-0.3, -0.25) is 9.78 Å². The van der Waals surface area contributed by atoms with Crippen LogP contribution in [0.5, 0.6) is 5.88 Å². The zero-order valence-electron chi connectivity index (χ0n) is 13.2. The third kappa shape index (κ3) is 3.56. The highest BCUT2D eigenvalue weighted by Crippen LogP contribution is 2.18. The molecule has 1 saturated heterocycles. The summed E-state index contributed by atoms with van der Waals surface area (Å²) in [5.41, 5.74) is 0.461. The fourth-order valence-electron chi connectivity index (χ4n) is 2.45. The van der Waals surface area contributed by atoms with Crippen LogP contribution in [0.15, 0.2) is 36.5 Å². The van der Waals surface area contributed by atoms with Gasteiger partial charge >= 0.3 is 0 Å². The lowest BCUT2D eigenvalue weighted by atomic mass is 10.3. The fourth-order valence-corrected chi connectivity index (χ4v) is 2.45. The molecule has 2 aromatic rings. The molecule has 2 aromatic heterocycles. The predicted octanol–water partition coefficient (Wildman–Crippen LogP) is 1.23. The SMILES string of the molecule is CN(C)c1ccc(O[C@H]2CCN(C(=O)c3ccccn3)C2)nn1. The van der Waals surface area contributed by atoms with Gasteiger partial charge in [0, 0.05) is 39.3 Å². The predicted molar refractivity (Wildman–Crippen MR) is 85.5 cm³/mol.